The summed E-state index contributed by atoms with van der Waals surface area (Å²) in [7, 11) is 0. The number of aromatic nitrogens is 4. The number of alkyl halides is 3. The molecule has 0 saturated heterocycles. The molecular formula is C12H10F3N5S. The quantitative estimate of drug-likeness (QED) is 0.805. The van der Waals surface area contributed by atoms with Crippen LogP contribution in [-0.4, -0.2) is 19.8 Å². The average Bonchev–Trinajstić information content (AvgIpc) is 3.06. The lowest BCUT2D eigenvalue weighted by Crippen LogP contribution is -2.14. The van der Waals surface area contributed by atoms with Crippen molar-refractivity contribution in [3.63, 3.8) is 0 Å². The fourth-order valence-electron chi connectivity index (χ4n) is 1.87. The molecule has 0 saturated carbocycles. The standard InChI is InChI=1S/C12H10F3N5S/c1-7(8-4-5-21-6-8)16-9-2-3-10-17-18-11(12(13,14)15)20(10)19-9/h2-7H,1H3,(H,16,19). The van der Waals surface area contributed by atoms with E-state index >= 15 is 0 Å². The summed E-state index contributed by atoms with van der Waals surface area (Å²) in [4.78, 5) is 0. The molecule has 3 aromatic rings. The number of rotatable bonds is 3. The van der Waals surface area contributed by atoms with E-state index in [1.807, 2.05) is 23.8 Å². The van der Waals surface area contributed by atoms with Crippen LogP contribution in [0.1, 0.15) is 24.4 Å². The Balaban J connectivity index is 1.93. The largest absolute Gasteiger partial charge is 0.453 e. The zero-order valence-electron chi connectivity index (χ0n) is 10.8. The Morgan fingerprint density at radius 2 is 2.05 bits per heavy atom. The molecule has 3 aromatic heterocycles. The third-order valence-electron chi connectivity index (χ3n) is 2.92. The first-order valence-corrected chi connectivity index (χ1v) is 6.98. The third kappa shape index (κ3) is 2.68. The molecule has 1 unspecified atom stereocenters. The third-order valence-corrected chi connectivity index (χ3v) is 3.63. The Labute approximate surface area is 121 Å². The van der Waals surface area contributed by atoms with Crippen molar-refractivity contribution in [2.45, 2.75) is 19.1 Å². The van der Waals surface area contributed by atoms with E-state index in [0.717, 1.165) is 5.56 Å². The zero-order chi connectivity index (χ0) is 15.0. The number of hydrogen-bond donors (Lipinski definition) is 1. The first kappa shape index (κ1) is 13.8. The zero-order valence-corrected chi connectivity index (χ0v) is 11.6. The molecule has 5 nitrogen and oxygen atoms in total. The maximum absolute atomic E-state index is 12.8. The normalized spacial score (nSPS) is 13.5. The molecule has 9 heteroatoms. The van der Waals surface area contributed by atoms with Gasteiger partial charge in [-0.2, -0.15) is 29.0 Å². The maximum atomic E-state index is 12.8. The monoisotopic (exact) mass is 313 g/mol. The van der Waals surface area contributed by atoms with Crippen LogP contribution in [0.15, 0.2) is 29.0 Å². The van der Waals surface area contributed by atoms with Gasteiger partial charge >= 0.3 is 6.18 Å². The van der Waals surface area contributed by atoms with Crippen molar-refractivity contribution >= 4 is 22.8 Å². The van der Waals surface area contributed by atoms with E-state index in [1.165, 1.54) is 6.07 Å². The molecule has 1 atom stereocenters. The van der Waals surface area contributed by atoms with Crippen LogP contribution < -0.4 is 5.32 Å². The SMILES string of the molecule is CC(Nc1ccc2nnc(C(F)(F)F)n2n1)c1ccsc1. The summed E-state index contributed by atoms with van der Waals surface area (Å²) in [5.41, 5.74) is 1.10. The molecule has 0 aromatic carbocycles. The second kappa shape index (κ2) is 4.99. The average molecular weight is 313 g/mol. The van der Waals surface area contributed by atoms with Crippen LogP contribution >= 0.6 is 11.3 Å². The fourth-order valence-corrected chi connectivity index (χ4v) is 2.62. The number of hydrogen-bond acceptors (Lipinski definition) is 5. The van der Waals surface area contributed by atoms with Crippen molar-refractivity contribution in [2.24, 2.45) is 0 Å². The van der Waals surface area contributed by atoms with E-state index in [-0.39, 0.29) is 11.7 Å². The number of nitrogens with zero attached hydrogens (tertiary/aromatic N) is 4. The van der Waals surface area contributed by atoms with Crippen molar-refractivity contribution in [3.8, 4) is 0 Å². The van der Waals surface area contributed by atoms with Gasteiger partial charge in [0.15, 0.2) is 5.65 Å². The van der Waals surface area contributed by atoms with Gasteiger partial charge in [0.05, 0.1) is 6.04 Å². The summed E-state index contributed by atoms with van der Waals surface area (Å²) in [5, 5.41) is 17.5. The number of thiophene rings is 1. The molecule has 0 fully saturated rings. The summed E-state index contributed by atoms with van der Waals surface area (Å²) in [5.74, 6) is -0.809. The summed E-state index contributed by atoms with van der Waals surface area (Å²) >= 11 is 1.55. The van der Waals surface area contributed by atoms with Gasteiger partial charge in [-0.3, -0.25) is 0 Å². The first-order chi connectivity index (χ1) is 9.95. The summed E-state index contributed by atoms with van der Waals surface area (Å²) in [6.07, 6.45) is -4.59. The Kier molecular flexibility index (Phi) is 3.28. The Bertz CT molecular complexity index is 750. The van der Waals surface area contributed by atoms with E-state index in [4.69, 9.17) is 0 Å². The molecule has 0 aliphatic rings. The first-order valence-electron chi connectivity index (χ1n) is 6.03. The molecular weight excluding hydrogens is 303 g/mol. The van der Waals surface area contributed by atoms with Gasteiger partial charge in [0.1, 0.15) is 5.82 Å². The van der Waals surface area contributed by atoms with Crippen molar-refractivity contribution in [1.29, 1.82) is 0 Å². The highest BCUT2D eigenvalue weighted by atomic mass is 32.1. The van der Waals surface area contributed by atoms with E-state index < -0.39 is 12.0 Å². The van der Waals surface area contributed by atoms with Crippen LogP contribution in [-0.2, 0) is 6.18 Å². The highest BCUT2D eigenvalue weighted by molar-refractivity contribution is 7.07. The molecule has 0 aliphatic carbocycles. The van der Waals surface area contributed by atoms with Crippen molar-refractivity contribution in [3.05, 3.63) is 40.3 Å². The van der Waals surface area contributed by atoms with Gasteiger partial charge in [-0.15, -0.1) is 15.3 Å². The van der Waals surface area contributed by atoms with E-state index in [2.05, 4.69) is 20.6 Å². The molecule has 110 valence electrons. The second-order valence-corrected chi connectivity index (χ2v) is 5.21. The molecule has 3 heterocycles. The number of fused-ring (bicyclic) bond motifs is 1. The van der Waals surface area contributed by atoms with Gasteiger partial charge in [0, 0.05) is 0 Å². The van der Waals surface area contributed by atoms with Gasteiger partial charge in [-0.25, -0.2) is 0 Å². The van der Waals surface area contributed by atoms with E-state index in [9.17, 15) is 13.2 Å². The van der Waals surface area contributed by atoms with Crippen LogP contribution in [0.4, 0.5) is 19.0 Å². The van der Waals surface area contributed by atoms with E-state index in [1.54, 1.807) is 17.4 Å². The van der Waals surface area contributed by atoms with Crippen LogP contribution in [0, 0.1) is 0 Å². The van der Waals surface area contributed by atoms with Gasteiger partial charge in [0.25, 0.3) is 5.82 Å². The smallest absolute Gasteiger partial charge is 0.362 e. The Hall–Kier alpha value is -2.16. The summed E-state index contributed by atoms with van der Waals surface area (Å²) < 4.78 is 39.1. The highest BCUT2D eigenvalue weighted by Crippen LogP contribution is 2.28. The van der Waals surface area contributed by atoms with Crippen molar-refractivity contribution < 1.29 is 13.2 Å². The number of nitrogens with one attached hydrogen (secondary N) is 1. The topological polar surface area (TPSA) is 55.1 Å². The Morgan fingerprint density at radius 3 is 2.71 bits per heavy atom. The van der Waals surface area contributed by atoms with E-state index in [0.29, 0.717) is 10.3 Å². The van der Waals surface area contributed by atoms with Crippen molar-refractivity contribution in [2.75, 3.05) is 5.32 Å². The molecule has 0 amide bonds. The highest BCUT2D eigenvalue weighted by Gasteiger charge is 2.37. The minimum atomic E-state index is -4.59. The van der Waals surface area contributed by atoms with Crippen LogP contribution in [0.5, 0.6) is 0 Å². The van der Waals surface area contributed by atoms with Gasteiger partial charge in [0.2, 0.25) is 0 Å². The lowest BCUT2D eigenvalue weighted by Gasteiger charge is -2.13. The molecule has 0 spiro atoms. The van der Waals surface area contributed by atoms with Gasteiger partial charge in [-0.05, 0) is 41.4 Å². The molecule has 0 radical (unpaired) electrons. The number of halogens is 3. The van der Waals surface area contributed by atoms with Crippen LogP contribution in [0.2, 0.25) is 0 Å². The second-order valence-electron chi connectivity index (χ2n) is 4.43. The molecule has 1 N–H and O–H groups in total. The molecule has 0 bridgehead atoms. The maximum Gasteiger partial charge on any atom is 0.453 e. The Morgan fingerprint density at radius 1 is 1.24 bits per heavy atom. The van der Waals surface area contributed by atoms with Crippen LogP contribution in [0.25, 0.3) is 5.65 Å². The lowest BCUT2D eigenvalue weighted by atomic mass is 10.2. The molecule has 21 heavy (non-hydrogen) atoms. The fraction of sp³-hybridized carbons (Fsp3) is 0.250. The van der Waals surface area contributed by atoms with Crippen LogP contribution in [0.3, 0.4) is 0 Å². The lowest BCUT2D eigenvalue weighted by molar-refractivity contribution is -0.146. The van der Waals surface area contributed by atoms with Gasteiger partial charge < -0.3 is 5.32 Å². The van der Waals surface area contributed by atoms with Gasteiger partial charge in [-0.1, -0.05) is 0 Å². The molecule has 0 aliphatic heterocycles. The minimum absolute atomic E-state index is 0.0519. The predicted molar refractivity (Wildman–Crippen MR) is 72.1 cm³/mol. The molecule has 3 rings (SSSR count). The summed E-state index contributed by atoms with van der Waals surface area (Å²) in [6, 6.07) is 4.90. The minimum Gasteiger partial charge on any atom is -0.362 e. The van der Waals surface area contributed by atoms with Crippen molar-refractivity contribution in [1.82, 2.24) is 19.8 Å². The summed E-state index contributed by atoms with van der Waals surface area (Å²) in [6.45, 7) is 1.91. The number of anilines is 1. The predicted octanol–water partition coefficient (Wildman–Crippen LogP) is 3.38.